The topological polar surface area (TPSA) is 58.1 Å². The summed E-state index contributed by atoms with van der Waals surface area (Å²) < 4.78 is 1.63. The van der Waals surface area contributed by atoms with Gasteiger partial charge in [-0.3, -0.25) is 9.59 Å². The zero-order valence-corrected chi connectivity index (χ0v) is 13.6. The lowest BCUT2D eigenvalue weighted by Gasteiger charge is -2.26. The molecule has 3 aromatic rings. The molecule has 4 rings (SSSR count). The van der Waals surface area contributed by atoms with Gasteiger partial charge in [-0.25, -0.2) is 0 Å². The SMILES string of the molecule is O=c1[nH]c2c3ccccc3ccc2n(CCN2CCCCC2)c1=O. The van der Waals surface area contributed by atoms with Gasteiger partial charge in [-0.1, -0.05) is 36.8 Å². The zero-order chi connectivity index (χ0) is 16.5. The highest BCUT2D eigenvalue weighted by atomic mass is 16.2. The lowest BCUT2D eigenvalue weighted by molar-refractivity contribution is 0.221. The smallest absolute Gasteiger partial charge is 0.315 e. The van der Waals surface area contributed by atoms with Gasteiger partial charge in [0.1, 0.15) is 0 Å². The fraction of sp³-hybridized carbons (Fsp3) is 0.368. The van der Waals surface area contributed by atoms with Gasteiger partial charge in [0, 0.05) is 18.5 Å². The number of nitrogens with one attached hydrogen (secondary N) is 1. The highest BCUT2D eigenvalue weighted by molar-refractivity contribution is 6.03. The van der Waals surface area contributed by atoms with E-state index in [2.05, 4.69) is 9.88 Å². The summed E-state index contributed by atoms with van der Waals surface area (Å²) in [6, 6.07) is 11.9. The molecule has 2 heterocycles. The molecule has 24 heavy (non-hydrogen) atoms. The summed E-state index contributed by atoms with van der Waals surface area (Å²) in [5, 5.41) is 2.03. The van der Waals surface area contributed by atoms with Gasteiger partial charge in [0.25, 0.3) is 0 Å². The summed E-state index contributed by atoms with van der Waals surface area (Å²) in [7, 11) is 0. The minimum absolute atomic E-state index is 0.463. The maximum absolute atomic E-state index is 12.4. The molecule has 1 N–H and O–H groups in total. The van der Waals surface area contributed by atoms with Crippen molar-refractivity contribution in [2.45, 2.75) is 25.8 Å². The van der Waals surface area contributed by atoms with Crippen LogP contribution < -0.4 is 11.1 Å². The number of aromatic amines is 1. The van der Waals surface area contributed by atoms with Gasteiger partial charge in [0.2, 0.25) is 0 Å². The summed E-state index contributed by atoms with van der Waals surface area (Å²) in [6.45, 7) is 3.53. The van der Waals surface area contributed by atoms with Crippen LogP contribution in [-0.2, 0) is 6.54 Å². The predicted octanol–water partition coefficient (Wildman–Crippen LogP) is 2.33. The first kappa shape index (κ1) is 15.1. The number of benzene rings is 2. The van der Waals surface area contributed by atoms with E-state index in [-0.39, 0.29) is 0 Å². The van der Waals surface area contributed by atoms with Crippen molar-refractivity contribution in [3.63, 3.8) is 0 Å². The third-order valence-electron chi connectivity index (χ3n) is 4.96. The minimum atomic E-state index is -0.544. The molecule has 0 radical (unpaired) electrons. The van der Waals surface area contributed by atoms with Gasteiger partial charge in [-0.05, 0) is 37.4 Å². The maximum Gasteiger partial charge on any atom is 0.316 e. The van der Waals surface area contributed by atoms with Crippen LogP contribution in [0.5, 0.6) is 0 Å². The summed E-state index contributed by atoms with van der Waals surface area (Å²) in [6.07, 6.45) is 3.72. The van der Waals surface area contributed by atoms with Crippen LogP contribution in [0, 0.1) is 0 Å². The van der Waals surface area contributed by atoms with Gasteiger partial charge in [-0.15, -0.1) is 0 Å². The van der Waals surface area contributed by atoms with Crippen LogP contribution in [0.1, 0.15) is 19.3 Å². The number of likely N-dealkylation sites (tertiary alicyclic amines) is 1. The third kappa shape index (κ3) is 2.65. The van der Waals surface area contributed by atoms with E-state index < -0.39 is 11.1 Å². The Morgan fingerprint density at radius 3 is 2.54 bits per heavy atom. The van der Waals surface area contributed by atoms with Crippen LogP contribution in [0.25, 0.3) is 21.8 Å². The lowest BCUT2D eigenvalue weighted by Crippen LogP contribution is -2.40. The van der Waals surface area contributed by atoms with E-state index in [1.165, 1.54) is 19.3 Å². The van der Waals surface area contributed by atoms with Crippen molar-refractivity contribution >= 4 is 21.8 Å². The molecule has 1 fully saturated rings. The molecule has 0 amide bonds. The van der Waals surface area contributed by atoms with E-state index >= 15 is 0 Å². The van der Waals surface area contributed by atoms with E-state index in [9.17, 15) is 9.59 Å². The number of H-pyrrole nitrogens is 1. The Labute approximate surface area is 139 Å². The Bertz CT molecular complexity index is 997. The van der Waals surface area contributed by atoms with Crippen molar-refractivity contribution in [3.05, 3.63) is 57.1 Å². The van der Waals surface area contributed by atoms with Crippen LogP contribution in [0.4, 0.5) is 0 Å². The normalized spacial score (nSPS) is 16.0. The molecule has 5 nitrogen and oxygen atoms in total. The molecule has 0 bridgehead atoms. The van der Waals surface area contributed by atoms with Crippen LogP contribution in [0.2, 0.25) is 0 Å². The zero-order valence-electron chi connectivity index (χ0n) is 13.6. The minimum Gasteiger partial charge on any atom is -0.315 e. The summed E-state index contributed by atoms with van der Waals surface area (Å²) in [5.74, 6) is 0. The molecule has 0 spiro atoms. The molecule has 5 heteroatoms. The first-order valence-electron chi connectivity index (χ1n) is 8.61. The van der Waals surface area contributed by atoms with Crippen LogP contribution >= 0.6 is 0 Å². The molecule has 1 aliphatic rings. The molecule has 0 unspecified atom stereocenters. The number of nitrogens with zero attached hydrogens (tertiary/aromatic N) is 2. The third-order valence-corrected chi connectivity index (χ3v) is 4.96. The van der Waals surface area contributed by atoms with Gasteiger partial charge in [0.05, 0.1) is 11.0 Å². The Hall–Kier alpha value is -2.40. The molecule has 1 aromatic heterocycles. The number of rotatable bonds is 3. The Kier molecular flexibility index (Phi) is 3.94. The quantitative estimate of drug-likeness (QED) is 0.594. The first-order chi connectivity index (χ1) is 11.7. The second kappa shape index (κ2) is 6.24. The van der Waals surface area contributed by atoms with Crippen molar-refractivity contribution in [3.8, 4) is 0 Å². The van der Waals surface area contributed by atoms with Crippen LogP contribution in [-0.4, -0.2) is 34.1 Å². The summed E-state index contributed by atoms with van der Waals surface area (Å²) in [5.41, 5.74) is 0.541. The van der Waals surface area contributed by atoms with Crippen LogP contribution in [0.3, 0.4) is 0 Å². The van der Waals surface area contributed by atoms with Crippen molar-refractivity contribution < 1.29 is 0 Å². The van der Waals surface area contributed by atoms with E-state index in [0.29, 0.717) is 6.54 Å². The number of aromatic nitrogens is 2. The molecular formula is C19H21N3O2. The lowest BCUT2D eigenvalue weighted by atomic mass is 10.1. The average Bonchev–Trinajstić information content (AvgIpc) is 2.63. The van der Waals surface area contributed by atoms with Crippen LogP contribution in [0.15, 0.2) is 46.0 Å². The number of piperidine rings is 1. The predicted molar refractivity (Wildman–Crippen MR) is 96.6 cm³/mol. The number of hydrogen-bond donors (Lipinski definition) is 1. The largest absolute Gasteiger partial charge is 0.316 e. The molecule has 1 aliphatic heterocycles. The van der Waals surface area contributed by atoms with Gasteiger partial charge < -0.3 is 14.5 Å². The van der Waals surface area contributed by atoms with Gasteiger partial charge >= 0.3 is 11.1 Å². The molecule has 0 aliphatic carbocycles. The fourth-order valence-corrected chi connectivity index (χ4v) is 3.66. The standard InChI is InChI=1S/C19H21N3O2/c23-18-19(24)22(13-12-21-10-4-1-5-11-21)16-9-8-14-6-2-3-7-15(14)17(16)20-18/h2-3,6-9H,1,4-5,10-13H2,(H,20,23). The second-order valence-corrected chi connectivity index (χ2v) is 6.49. The summed E-state index contributed by atoms with van der Waals surface area (Å²) in [4.78, 5) is 29.7. The Morgan fingerprint density at radius 2 is 1.71 bits per heavy atom. The first-order valence-corrected chi connectivity index (χ1v) is 8.61. The molecule has 1 saturated heterocycles. The van der Waals surface area contributed by atoms with E-state index in [1.807, 2.05) is 36.4 Å². The fourth-order valence-electron chi connectivity index (χ4n) is 3.66. The van der Waals surface area contributed by atoms with Crippen molar-refractivity contribution in [1.29, 1.82) is 0 Å². The van der Waals surface area contributed by atoms with E-state index in [1.54, 1.807) is 4.57 Å². The average molecular weight is 323 g/mol. The molecule has 124 valence electrons. The van der Waals surface area contributed by atoms with Crippen molar-refractivity contribution in [2.24, 2.45) is 0 Å². The highest BCUT2D eigenvalue weighted by Crippen LogP contribution is 2.22. The number of fused-ring (bicyclic) bond motifs is 3. The summed E-state index contributed by atoms with van der Waals surface area (Å²) >= 11 is 0. The van der Waals surface area contributed by atoms with Crippen molar-refractivity contribution in [2.75, 3.05) is 19.6 Å². The Balaban J connectivity index is 1.81. The van der Waals surface area contributed by atoms with Gasteiger partial charge in [-0.2, -0.15) is 0 Å². The van der Waals surface area contributed by atoms with Gasteiger partial charge in [0.15, 0.2) is 0 Å². The number of hydrogen-bond acceptors (Lipinski definition) is 3. The highest BCUT2D eigenvalue weighted by Gasteiger charge is 2.13. The molecule has 2 aromatic carbocycles. The molecular weight excluding hydrogens is 302 g/mol. The second-order valence-electron chi connectivity index (χ2n) is 6.49. The molecule has 0 saturated carbocycles. The maximum atomic E-state index is 12.4. The van der Waals surface area contributed by atoms with E-state index in [0.717, 1.165) is 41.4 Å². The Morgan fingerprint density at radius 1 is 0.917 bits per heavy atom. The monoisotopic (exact) mass is 323 g/mol. The van der Waals surface area contributed by atoms with E-state index in [4.69, 9.17) is 0 Å². The molecule has 0 atom stereocenters. The van der Waals surface area contributed by atoms with Crippen molar-refractivity contribution in [1.82, 2.24) is 14.5 Å².